The van der Waals surface area contributed by atoms with E-state index >= 15 is 0 Å². The van der Waals surface area contributed by atoms with Crippen LogP contribution in [0.1, 0.15) is 22.3 Å². The van der Waals surface area contributed by atoms with Crippen LogP contribution in [0.5, 0.6) is 28.7 Å². The first-order valence-electron chi connectivity index (χ1n) is 10.7. The molecule has 3 N–H and O–H groups in total. The van der Waals surface area contributed by atoms with Gasteiger partial charge >= 0.3 is 0 Å². The zero-order valence-electron chi connectivity index (χ0n) is 19.1. The Bertz CT molecular complexity index is 1280. The van der Waals surface area contributed by atoms with Crippen LogP contribution in [0.4, 0.5) is 17.1 Å². The Balaban J connectivity index is 1.90. The zero-order valence-corrected chi connectivity index (χ0v) is 19.1. The number of phenolic OH excluding ortho intramolecular Hbond substituents is 3. The van der Waals surface area contributed by atoms with Crippen molar-refractivity contribution in [1.82, 2.24) is 0 Å². The predicted octanol–water partition coefficient (Wildman–Crippen LogP) is 7.30. The van der Waals surface area contributed by atoms with Gasteiger partial charge in [-0.1, -0.05) is 12.1 Å². The first-order valence-corrected chi connectivity index (χ1v) is 10.7. The Hall–Kier alpha value is -4.12. The molecule has 0 heterocycles. The lowest BCUT2D eigenvalue weighted by atomic mass is 10.1. The van der Waals surface area contributed by atoms with Crippen molar-refractivity contribution in [1.29, 1.82) is 0 Å². The number of nitrogens with zero attached hydrogens (tertiary/aromatic N) is 1. The second kappa shape index (κ2) is 8.79. The molecule has 0 aromatic heterocycles. The largest absolute Gasteiger partial charge is 0.508 e. The van der Waals surface area contributed by atoms with E-state index in [1.165, 1.54) is 0 Å². The smallest absolute Gasteiger partial charge is 0.151 e. The van der Waals surface area contributed by atoms with E-state index in [-0.39, 0.29) is 17.2 Å². The molecular weight excluding hydrogens is 414 g/mol. The Labute approximate surface area is 193 Å². The fraction of sp³-hybridized carbons (Fsp3) is 0.143. The van der Waals surface area contributed by atoms with Crippen molar-refractivity contribution in [2.24, 2.45) is 0 Å². The highest BCUT2D eigenvalue weighted by atomic mass is 16.5. The quantitative estimate of drug-likeness (QED) is 0.303. The zero-order chi connectivity index (χ0) is 23.7. The lowest BCUT2D eigenvalue weighted by molar-refractivity contribution is 0.448. The van der Waals surface area contributed by atoms with Gasteiger partial charge in [-0.15, -0.1) is 0 Å². The van der Waals surface area contributed by atoms with E-state index in [2.05, 4.69) is 0 Å². The summed E-state index contributed by atoms with van der Waals surface area (Å²) in [5, 5.41) is 30.4. The molecule has 168 valence electrons. The van der Waals surface area contributed by atoms with Gasteiger partial charge in [-0.3, -0.25) is 0 Å². The molecule has 5 heteroatoms. The number of para-hydroxylation sites is 2. The molecule has 4 rings (SSSR count). The molecule has 4 aromatic rings. The molecule has 0 saturated carbocycles. The number of benzene rings is 4. The van der Waals surface area contributed by atoms with Gasteiger partial charge in [0.15, 0.2) is 5.75 Å². The van der Waals surface area contributed by atoms with Crippen LogP contribution in [0, 0.1) is 27.7 Å². The molecule has 0 radical (unpaired) electrons. The highest BCUT2D eigenvalue weighted by Crippen LogP contribution is 2.44. The molecule has 33 heavy (non-hydrogen) atoms. The molecule has 0 fully saturated rings. The summed E-state index contributed by atoms with van der Waals surface area (Å²) >= 11 is 0. The van der Waals surface area contributed by atoms with Gasteiger partial charge in [0, 0.05) is 16.9 Å². The van der Waals surface area contributed by atoms with Gasteiger partial charge in [0.05, 0.1) is 5.69 Å². The van der Waals surface area contributed by atoms with Gasteiger partial charge in [-0.05, 0) is 105 Å². The summed E-state index contributed by atoms with van der Waals surface area (Å²) in [6.45, 7) is 7.42. The fourth-order valence-corrected chi connectivity index (χ4v) is 3.74. The van der Waals surface area contributed by atoms with Crippen molar-refractivity contribution in [3.05, 3.63) is 95.1 Å². The van der Waals surface area contributed by atoms with Crippen LogP contribution in [0.15, 0.2) is 72.8 Å². The molecule has 0 spiro atoms. The maximum absolute atomic E-state index is 10.3. The standard InChI is InChI=1S/C28H27NO4/c1-17-13-26(32)20(4)28(14-17)33-27-8-6-5-7-23(27)29(21-9-11-24(30)18(2)15-21)22-10-12-25(31)19(3)16-22/h5-16,30-32H,1-4H3. The van der Waals surface area contributed by atoms with Crippen LogP contribution < -0.4 is 9.64 Å². The van der Waals surface area contributed by atoms with Crippen molar-refractivity contribution in [3.63, 3.8) is 0 Å². The minimum absolute atomic E-state index is 0.183. The van der Waals surface area contributed by atoms with Crippen molar-refractivity contribution in [3.8, 4) is 28.7 Å². The minimum atomic E-state index is 0.183. The summed E-state index contributed by atoms with van der Waals surface area (Å²) in [6.07, 6.45) is 0. The Morgan fingerprint density at radius 2 is 1.18 bits per heavy atom. The van der Waals surface area contributed by atoms with E-state index in [0.717, 1.165) is 33.8 Å². The highest BCUT2D eigenvalue weighted by molar-refractivity contribution is 5.81. The third-order valence-electron chi connectivity index (χ3n) is 5.68. The molecule has 0 unspecified atom stereocenters. The number of ether oxygens (including phenoxy) is 1. The van der Waals surface area contributed by atoms with Crippen LogP contribution in [0.2, 0.25) is 0 Å². The number of phenols is 3. The van der Waals surface area contributed by atoms with E-state index in [0.29, 0.717) is 17.1 Å². The summed E-state index contributed by atoms with van der Waals surface area (Å²) < 4.78 is 6.33. The molecule has 0 aliphatic carbocycles. The van der Waals surface area contributed by atoms with Crippen molar-refractivity contribution in [2.75, 3.05) is 4.90 Å². The van der Waals surface area contributed by atoms with Crippen LogP contribution >= 0.6 is 0 Å². The topological polar surface area (TPSA) is 73.2 Å². The average molecular weight is 442 g/mol. The van der Waals surface area contributed by atoms with Crippen LogP contribution in [-0.4, -0.2) is 15.3 Å². The van der Waals surface area contributed by atoms with Gasteiger partial charge in [0.2, 0.25) is 0 Å². The summed E-state index contributed by atoms with van der Waals surface area (Å²) in [7, 11) is 0. The molecule has 4 aromatic carbocycles. The van der Waals surface area contributed by atoms with Gasteiger partial charge in [0.25, 0.3) is 0 Å². The maximum Gasteiger partial charge on any atom is 0.151 e. The van der Waals surface area contributed by atoms with Gasteiger partial charge in [-0.25, -0.2) is 0 Å². The SMILES string of the molecule is Cc1cc(O)c(C)c(Oc2ccccc2N(c2ccc(O)c(C)c2)c2ccc(O)c(C)c2)c1. The van der Waals surface area contributed by atoms with Crippen molar-refractivity contribution in [2.45, 2.75) is 27.7 Å². The molecule has 0 saturated heterocycles. The third-order valence-corrected chi connectivity index (χ3v) is 5.68. The summed E-state index contributed by atoms with van der Waals surface area (Å²) in [4.78, 5) is 2.01. The average Bonchev–Trinajstić information content (AvgIpc) is 2.78. The van der Waals surface area contributed by atoms with E-state index in [1.807, 2.05) is 87.2 Å². The monoisotopic (exact) mass is 441 g/mol. The summed E-state index contributed by atoms with van der Waals surface area (Å²) in [6, 6.07) is 22.1. The van der Waals surface area contributed by atoms with E-state index in [1.54, 1.807) is 18.2 Å². The van der Waals surface area contributed by atoms with E-state index in [4.69, 9.17) is 4.74 Å². The molecule has 0 aliphatic heterocycles. The summed E-state index contributed by atoms with van der Waals surface area (Å²) in [5.74, 6) is 1.79. The number of hydrogen-bond acceptors (Lipinski definition) is 5. The first-order chi connectivity index (χ1) is 15.7. The second-order valence-corrected chi connectivity index (χ2v) is 8.25. The van der Waals surface area contributed by atoms with Gasteiger partial charge in [-0.2, -0.15) is 0 Å². The van der Waals surface area contributed by atoms with Crippen molar-refractivity contribution < 1.29 is 20.1 Å². The number of hydrogen-bond donors (Lipinski definition) is 3. The molecule has 0 atom stereocenters. The number of rotatable bonds is 5. The Morgan fingerprint density at radius 3 is 1.76 bits per heavy atom. The number of anilines is 3. The molecular formula is C28H27NO4. The van der Waals surface area contributed by atoms with Crippen molar-refractivity contribution >= 4 is 17.1 Å². The number of aryl methyl sites for hydroxylation is 3. The lowest BCUT2D eigenvalue weighted by Crippen LogP contribution is -2.11. The fourth-order valence-electron chi connectivity index (χ4n) is 3.74. The molecule has 0 bridgehead atoms. The summed E-state index contributed by atoms with van der Waals surface area (Å²) in [5.41, 5.74) is 5.46. The van der Waals surface area contributed by atoms with E-state index < -0.39 is 0 Å². The van der Waals surface area contributed by atoms with Gasteiger partial charge in [0.1, 0.15) is 23.0 Å². The van der Waals surface area contributed by atoms with Crippen LogP contribution in [0.25, 0.3) is 0 Å². The van der Waals surface area contributed by atoms with Gasteiger partial charge < -0.3 is 25.0 Å². The lowest BCUT2D eigenvalue weighted by Gasteiger charge is -2.28. The maximum atomic E-state index is 10.3. The third kappa shape index (κ3) is 4.44. The normalized spacial score (nSPS) is 10.8. The first kappa shape index (κ1) is 22.1. The predicted molar refractivity (Wildman–Crippen MR) is 132 cm³/mol. The minimum Gasteiger partial charge on any atom is -0.508 e. The molecule has 5 nitrogen and oxygen atoms in total. The molecule has 0 amide bonds. The second-order valence-electron chi connectivity index (χ2n) is 8.25. The molecule has 0 aliphatic rings. The highest BCUT2D eigenvalue weighted by Gasteiger charge is 2.19. The Kier molecular flexibility index (Phi) is 5.88. The van der Waals surface area contributed by atoms with Crippen LogP contribution in [-0.2, 0) is 0 Å². The van der Waals surface area contributed by atoms with E-state index in [9.17, 15) is 15.3 Å². The number of aromatic hydroxyl groups is 3. The Morgan fingerprint density at radius 1 is 0.606 bits per heavy atom. The van der Waals surface area contributed by atoms with Crippen LogP contribution in [0.3, 0.4) is 0 Å².